The van der Waals surface area contributed by atoms with E-state index in [1.165, 1.54) is 7.05 Å². The first-order valence-corrected chi connectivity index (χ1v) is 6.58. The molecule has 94 valence electrons. The van der Waals surface area contributed by atoms with Gasteiger partial charge in [-0.1, -0.05) is 23.2 Å². The Bertz CT molecular complexity index is 556. The van der Waals surface area contributed by atoms with Crippen LogP contribution in [-0.2, 0) is 14.8 Å². The van der Waals surface area contributed by atoms with E-state index in [1.54, 1.807) is 0 Å². The van der Waals surface area contributed by atoms with E-state index in [1.807, 2.05) is 0 Å². The second kappa shape index (κ2) is 5.22. The van der Waals surface area contributed by atoms with Crippen molar-refractivity contribution in [2.45, 2.75) is 4.90 Å². The zero-order valence-electron chi connectivity index (χ0n) is 8.95. The summed E-state index contributed by atoms with van der Waals surface area (Å²) in [4.78, 5) is 11.2. The molecule has 17 heavy (non-hydrogen) atoms. The summed E-state index contributed by atoms with van der Waals surface area (Å²) in [5.41, 5.74) is -0.170. The van der Waals surface area contributed by atoms with Crippen LogP contribution in [0.2, 0.25) is 10.0 Å². The highest BCUT2D eigenvalue weighted by molar-refractivity contribution is 7.89. The van der Waals surface area contributed by atoms with Crippen LogP contribution in [0.15, 0.2) is 17.0 Å². The number of carbonyl (C=O) groups is 1. The van der Waals surface area contributed by atoms with Crippen LogP contribution in [0, 0.1) is 0 Å². The van der Waals surface area contributed by atoms with E-state index in [4.69, 9.17) is 23.2 Å². The third kappa shape index (κ3) is 2.90. The molecule has 0 spiro atoms. The van der Waals surface area contributed by atoms with Gasteiger partial charge in [-0.15, -0.1) is 0 Å². The van der Waals surface area contributed by atoms with E-state index in [0.29, 0.717) is 0 Å². The topological polar surface area (TPSA) is 72.5 Å². The highest BCUT2D eigenvalue weighted by Crippen LogP contribution is 2.28. The maximum atomic E-state index is 11.7. The molecule has 0 aromatic heterocycles. The smallest absolute Gasteiger partial charge is 0.339 e. The van der Waals surface area contributed by atoms with Crippen LogP contribution in [0.1, 0.15) is 10.4 Å². The minimum absolute atomic E-state index is 0.0353. The van der Waals surface area contributed by atoms with Gasteiger partial charge >= 0.3 is 5.97 Å². The van der Waals surface area contributed by atoms with Gasteiger partial charge in [0.25, 0.3) is 0 Å². The lowest BCUT2D eigenvalue weighted by atomic mass is 10.2. The molecule has 0 fully saturated rings. The molecule has 0 heterocycles. The maximum absolute atomic E-state index is 11.7. The Labute approximate surface area is 109 Å². The van der Waals surface area contributed by atoms with Crippen molar-refractivity contribution in [2.75, 3.05) is 14.2 Å². The molecule has 0 unspecified atom stereocenters. The number of hydrogen-bond acceptors (Lipinski definition) is 4. The summed E-state index contributed by atoms with van der Waals surface area (Å²) >= 11 is 11.4. The minimum Gasteiger partial charge on any atom is -0.465 e. The number of hydrogen-bond donors (Lipinski definition) is 1. The van der Waals surface area contributed by atoms with Gasteiger partial charge in [-0.25, -0.2) is 17.9 Å². The summed E-state index contributed by atoms with van der Waals surface area (Å²) in [6.07, 6.45) is 0. The minimum atomic E-state index is -3.82. The largest absolute Gasteiger partial charge is 0.465 e. The van der Waals surface area contributed by atoms with Crippen molar-refractivity contribution >= 4 is 39.2 Å². The number of sulfonamides is 1. The Morgan fingerprint density at radius 1 is 1.29 bits per heavy atom. The van der Waals surface area contributed by atoms with E-state index >= 15 is 0 Å². The maximum Gasteiger partial charge on any atom is 0.339 e. The van der Waals surface area contributed by atoms with Gasteiger partial charge < -0.3 is 4.74 Å². The van der Waals surface area contributed by atoms with E-state index in [2.05, 4.69) is 9.46 Å². The number of nitrogens with one attached hydrogen (secondary N) is 1. The Balaban J connectivity index is 3.58. The molecule has 0 aliphatic heterocycles. The molecule has 0 saturated heterocycles. The zero-order chi connectivity index (χ0) is 13.2. The predicted octanol–water partition coefficient (Wildman–Crippen LogP) is 1.69. The van der Waals surface area contributed by atoms with Crippen molar-refractivity contribution in [3.05, 3.63) is 27.7 Å². The molecule has 0 atom stereocenters. The lowest BCUT2D eigenvalue weighted by Gasteiger charge is -2.09. The summed E-state index contributed by atoms with van der Waals surface area (Å²) in [7, 11) is -1.46. The first-order valence-electron chi connectivity index (χ1n) is 4.34. The van der Waals surface area contributed by atoms with Crippen molar-refractivity contribution < 1.29 is 17.9 Å². The number of rotatable bonds is 3. The Morgan fingerprint density at radius 2 is 1.82 bits per heavy atom. The van der Waals surface area contributed by atoms with Crippen LogP contribution in [-0.4, -0.2) is 28.5 Å². The van der Waals surface area contributed by atoms with Crippen molar-refractivity contribution in [1.29, 1.82) is 0 Å². The molecule has 1 aromatic rings. The summed E-state index contributed by atoms with van der Waals surface area (Å²) in [6, 6.07) is 2.25. The van der Waals surface area contributed by atoms with E-state index in [9.17, 15) is 13.2 Å². The average Bonchev–Trinajstić information content (AvgIpc) is 2.30. The molecular formula is C9H9Cl2NO4S. The van der Waals surface area contributed by atoms with Gasteiger partial charge in [0, 0.05) is 0 Å². The molecule has 0 radical (unpaired) electrons. The fraction of sp³-hybridized carbons (Fsp3) is 0.222. The van der Waals surface area contributed by atoms with Crippen LogP contribution in [0.25, 0.3) is 0 Å². The Hall–Kier alpha value is -0.820. The molecule has 0 aliphatic carbocycles. The molecule has 8 heteroatoms. The van der Waals surface area contributed by atoms with E-state index in [-0.39, 0.29) is 20.5 Å². The third-order valence-electron chi connectivity index (χ3n) is 1.99. The van der Waals surface area contributed by atoms with Gasteiger partial charge in [0.1, 0.15) is 0 Å². The SMILES string of the molecule is CNS(=O)(=O)c1cc(Cl)c(Cl)cc1C(=O)OC. The van der Waals surface area contributed by atoms with Gasteiger partial charge in [-0.05, 0) is 19.2 Å². The molecule has 5 nitrogen and oxygen atoms in total. The average molecular weight is 298 g/mol. The number of carbonyl (C=O) groups excluding carboxylic acids is 1. The van der Waals surface area contributed by atoms with Crippen molar-refractivity contribution in [3.8, 4) is 0 Å². The molecule has 0 bridgehead atoms. The summed E-state index contributed by atoms with van der Waals surface area (Å²) in [5, 5.41) is 0.107. The molecule has 0 saturated carbocycles. The quantitative estimate of drug-likeness (QED) is 0.862. The number of methoxy groups -OCH3 is 1. The Morgan fingerprint density at radius 3 is 2.29 bits per heavy atom. The number of halogens is 2. The highest BCUT2D eigenvalue weighted by Gasteiger charge is 2.23. The lowest BCUT2D eigenvalue weighted by Crippen LogP contribution is -2.22. The third-order valence-corrected chi connectivity index (χ3v) is 4.16. The molecule has 0 amide bonds. The first kappa shape index (κ1) is 14.2. The number of ether oxygens (including phenoxy) is 1. The van der Waals surface area contributed by atoms with Gasteiger partial charge in [0.2, 0.25) is 10.0 Å². The van der Waals surface area contributed by atoms with Gasteiger partial charge in [0.05, 0.1) is 27.6 Å². The lowest BCUT2D eigenvalue weighted by molar-refractivity contribution is 0.0596. The summed E-state index contributed by atoms with van der Waals surface area (Å²) < 4.78 is 29.9. The van der Waals surface area contributed by atoms with Crippen LogP contribution < -0.4 is 4.72 Å². The van der Waals surface area contributed by atoms with Crippen molar-refractivity contribution in [1.82, 2.24) is 4.72 Å². The Kier molecular flexibility index (Phi) is 4.37. The van der Waals surface area contributed by atoms with Crippen molar-refractivity contribution in [3.63, 3.8) is 0 Å². The van der Waals surface area contributed by atoms with Crippen LogP contribution in [0.4, 0.5) is 0 Å². The second-order valence-electron chi connectivity index (χ2n) is 2.96. The molecular weight excluding hydrogens is 289 g/mol. The van der Waals surface area contributed by atoms with Crippen LogP contribution in [0.3, 0.4) is 0 Å². The van der Waals surface area contributed by atoms with Gasteiger partial charge in [-0.2, -0.15) is 0 Å². The van der Waals surface area contributed by atoms with Crippen molar-refractivity contribution in [2.24, 2.45) is 0 Å². The molecule has 1 rings (SSSR count). The zero-order valence-corrected chi connectivity index (χ0v) is 11.3. The standard InChI is InChI=1S/C9H9Cl2NO4S/c1-12-17(14,15)8-4-7(11)6(10)3-5(8)9(13)16-2/h3-4,12H,1-2H3. The van der Waals surface area contributed by atoms with E-state index < -0.39 is 16.0 Å². The highest BCUT2D eigenvalue weighted by atomic mass is 35.5. The van der Waals surface area contributed by atoms with E-state index in [0.717, 1.165) is 19.2 Å². The summed E-state index contributed by atoms with van der Waals surface area (Å²) in [5.74, 6) is -0.808. The predicted molar refractivity (Wildman–Crippen MR) is 64.0 cm³/mol. The monoisotopic (exact) mass is 297 g/mol. The van der Waals surface area contributed by atoms with Crippen LogP contribution in [0.5, 0.6) is 0 Å². The normalized spacial score (nSPS) is 11.3. The second-order valence-corrected chi connectivity index (χ2v) is 5.63. The molecule has 0 aliphatic rings. The first-order chi connectivity index (χ1) is 7.83. The number of esters is 1. The summed E-state index contributed by atoms with van der Waals surface area (Å²) in [6.45, 7) is 0. The molecule has 1 aromatic carbocycles. The fourth-order valence-electron chi connectivity index (χ4n) is 1.13. The van der Waals surface area contributed by atoms with Gasteiger partial charge in [-0.3, -0.25) is 0 Å². The fourth-order valence-corrected chi connectivity index (χ4v) is 2.45. The van der Waals surface area contributed by atoms with Crippen LogP contribution >= 0.6 is 23.2 Å². The number of benzene rings is 1. The molecule has 1 N–H and O–H groups in total. The van der Waals surface area contributed by atoms with Gasteiger partial charge in [0.15, 0.2) is 0 Å².